The maximum absolute atomic E-state index is 12.9. The van der Waals surface area contributed by atoms with E-state index in [0.717, 1.165) is 50.4 Å². The van der Waals surface area contributed by atoms with Crippen molar-refractivity contribution in [1.82, 2.24) is 15.2 Å². The molecule has 2 N–H and O–H groups in total. The van der Waals surface area contributed by atoms with Crippen LogP contribution in [-0.4, -0.2) is 40.8 Å². The number of likely N-dealkylation sites (tertiary alicyclic amines) is 1. The van der Waals surface area contributed by atoms with Gasteiger partial charge in [-0.3, -0.25) is 14.5 Å². The molecule has 0 atom stereocenters. The topological polar surface area (TPSA) is 74.3 Å². The lowest BCUT2D eigenvalue weighted by Gasteiger charge is -2.32. The quantitative estimate of drug-likeness (QED) is 0.641. The van der Waals surface area contributed by atoms with Crippen LogP contribution in [0.15, 0.2) is 42.5 Å². The maximum Gasteiger partial charge on any atom is 0.433 e. The highest BCUT2D eigenvalue weighted by Crippen LogP contribution is 2.27. The number of piperidine rings is 1. The lowest BCUT2D eigenvalue weighted by molar-refractivity contribution is -0.141. The zero-order valence-electron chi connectivity index (χ0n) is 18.9. The van der Waals surface area contributed by atoms with Gasteiger partial charge in [0.05, 0.1) is 0 Å². The molecule has 4 rings (SSSR count). The molecule has 2 amide bonds. The Morgan fingerprint density at radius 1 is 1.00 bits per heavy atom. The monoisotopic (exact) mass is 474 g/mol. The van der Waals surface area contributed by atoms with Gasteiger partial charge in [-0.1, -0.05) is 31.0 Å². The van der Waals surface area contributed by atoms with Gasteiger partial charge in [0.1, 0.15) is 11.4 Å². The number of carbonyl (C=O) groups is 2. The molecule has 1 aliphatic heterocycles. The van der Waals surface area contributed by atoms with Crippen molar-refractivity contribution in [2.75, 3.05) is 18.4 Å². The molecule has 2 aromatic rings. The van der Waals surface area contributed by atoms with Crippen molar-refractivity contribution in [2.24, 2.45) is 5.92 Å². The highest BCUT2D eigenvalue weighted by Gasteiger charge is 2.33. The maximum atomic E-state index is 12.9. The molecule has 1 aromatic carbocycles. The summed E-state index contributed by atoms with van der Waals surface area (Å²) >= 11 is 0. The second kappa shape index (κ2) is 10.5. The molecule has 0 unspecified atom stereocenters. The van der Waals surface area contributed by atoms with E-state index in [1.165, 1.54) is 25.0 Å². The number of alkyl halides is 3. The van der Waals surface area contributed by atoms with E-state index in [1.54, 1.807) is 12.1 Å². The fraction of sp³-hybridized carbons (Fsp3) is 0.480. The SMILES string of the molecule is O=C(Nc1cccc(CN2CCC(C(=O)NC3CCCC3)CC2)c1)c1cccc(C(F)(F)F)n1. The molecular formula is C25H29F3N4O2. The Morgan fingerprint density at radius 3 is 2.41 bits per heavy atom. The molecule has 182 valence electrons. The number of benzene rings is 1. The standard InChI is InChI=1S/C25H29F3N4O2/c26-25(27,28)22-10-4-9-21(31-22)24(34)30-20-8-3-5-17(15-20)16-32-13-11-18(12-14-32)23(33)29-19-6-1-2-7-19/h3-5,8-10,15,18-19H,1-2,6-7,11-14,16H2,(H,29,33)(H,30,34). The minimum absolute atomic E-state index is 0.0578. The average molecular weight is 475 g/mol. The van der Waals surface area contributed by atoms with Gasteiger partial charge in [0, 0.05) is 24.2 Å². The number of nitrogens with zero attached hydrogens (tertiary/aromatic N) is 2. The highest BCUT2D eigenvalue weighted by atomic mass is 19.4. The van der Waals surface area contributed by atoms with Crippen LogP contribution >= 0.6 is 0 Å². The van der Waals surface area contributed by atoms with Crippen LogP contribution in [0.5, 0.6) is 0 Å². The van der Waals surface area contributed by atoms with E-state index >= 15 is 0 Å². The number of halogens is 3. The molecule has 2 aliphatic rings. The van der Waals surface area contributed by atoms with E-state index in [-0.39, 0.29) is 17.5 Å². The number of rotatable bonds is 6. The predicted octanol–water partition coefficient (Wildman–Crippen LogP) is 4.62. The summed E-state index contributed by atoms with van der Waals surface area (Å²) in [5.41, 5.74) is 0.0728. The minimum atomic E-state index is -4.61. The zero-order chi connectivity index (χ0) is 24.1. The molecular weight excluding hydrogens is 445 g/mol. The van der Waals surface area contributed by atoms with Gasteiger partial charge in [-0.05, 0) is 68.6 Å². The summed E-state index contributed by atoms with van der Waals surface area (Å²) in [6.45, 7) is 2.30. The third kappa shape index (κ3) is 6.34. The predicted molar refractivity (Wildman–Crippen MR) is 122 cm³/mol. The first-order valence-electron chi connectivity index (χ1n) is 11.8. The van der Waals surface area contributed by atoms with Crippen molar-refractivity contribution in [3.63, 3.8) is 0 Å². The van der Waals surface area contributed by atoms with Crippen LogP contribution in [0.2, 0.25) is 0 Å². The van der Waals surface area contributed by atoms with E-state index < -0.39 is 17.8 Å². The van der Waals surface area contributed by atoms with E-state index in [1.807, 2.05) is 12.1 Å². The van der Waals surface area contributed by atoms with E-state index in [9.17, 15) is 22.8 Å². The minimum Gasteiger partial charge on any atom is -0.353 e. The number of aromatic nitrogens is 1. The van der Waals surface area contributed by atoms with E-state index in [0.29, 0.717) is 18.3 Å². The largest absolute Gasteiger partial charge is 0.433 e. The van der Waals surface area contributed by atoms with Gasteiger partial charge in [0.2, 0.25) is 5.91 Å². The zero-order valence-corrected chi connectivity index (χ0v) is 18.9. The third-order valence-electron chi connectivity index (χ3n) is 6.52. The van der Waals surface area contributed by atoms with Crippen molar-refractivity contribution in [3.8, 4) is 0 Å². The Hall–Kier alpha value is -2.94. The van der Waals surface area contributed by atoms with Crippen LogP contribution in [0.1, 0.15) is 60.3 Å². The summed E-state index contributed by atoms with van der Waals surface area (Å²) in [4.78, 5) is 30.7. The fourth-order valence-electron chi connectivity index (χ4n) is 4.66. The van der Waals surface area contributed by atoms with Crippen molar-refractivity contribution in [1.29, 1.82) is 0 Å². The van der Waals surface area contributed by atoms with Crippen molar-refractivity contribution in [3.05, 3.63) is 59.4 Å². The third-order valence-corrected chi connectivity index (χ3v) is 6.52. The first-order chi connectivity index (χ1) is 16.3. The number of hydrogen-bond donors (Lipinski definition) is 2. The number of carbonyl (C=O) groups excluding carboxylic acids is 2. The van der Waals surface area contributed by atoms with Crippen LogP contribution in [0, 0.1) is 5.92 Å². The Morgan fingerprint density at radius 2 is 1.71 bits per heavy atom. The summed E-state index contributed by atoms with van der Waals surface area (Å²) in [6.07, 6.45) is 1.58. The normalized spacial score (nSPS) is 18.1. The van der Waals surface area contributed by atoms with Gasteiger partial charge < -0.3 is 10.6 Å². The van der Waals surface area contributed by atoms with Gasteiger partial charge in [0.15, 0.2) is 0 Å². The van der Waals surface area contributed by atoms with Gasteiger partial charge in [-0.2, -0.15) is 13.2 Å². The first kappa shape index (κ1) is 24.2. The van der Waals surface area contributed by atoms with Crippen molar-refractivity contribution < 1.29 is 22.8 Å². The summed E-state index contributed by atoms with van der Waals surface area (Å²) < 4.78 is 38.6. The molecule has 0 spiro atoms. The molecule has 2 heterocycles. The summed E-state index contributed by atoms with van der Waals surface area (Å²) in [5, 5.41) is 5.83. The van der Waals surface area contributed by atoms with Gasteiger partial charge >= 0.3 is 6.18 Å². The summed E-state index contributed by atoms with van der Waals surface area (Å²) in [6, 6.07) is 10.8. The molecule has 6 nitrogen and oxygen atoms in total. The Balaban J connectivity index is 1.29. The Bertz CT molecular complexity index is 1010. The molecule has 0 bridgehead atoms. The molecule has 34 heavy (non-hydrogen) atoms. The lowest BCUT2D eigenvalue weighted by atomic mass is 9.95. The van der Waals surface area contributed by atoms with Crippen LogP contribution in [0.4, 0.5) is 18.9 Å². The molecule has 0 radical (unpaired) electrons. The van der Waals surface area contributed by atoms with Gasteiger partial charge in [-0.25, -0.2) is 4.98 Å². The molecule has 1 saturated heterocycles. The summed E-state index contributed by atoms with van der Waals surface area (Å²) in [5.74, 6) is -0.459. The molecule has 1 saturated carbocycles. The molecule has 9 heteroatoms. The Labute approximate surface area is 196 Å². The number of anilines is 1. The van der Waals surface area contributed by atoms with Crippen LogP contribution in [-0.2, 0) is 17.5 Å². The van der Waals surface area contributed by atoms with Crippen molar-refractivity contribution in [2.45, 2.75) is 57.3 Å². The lowest BCUT2D eigenvalue weighted by Crippen LogP contribution is -2.42. The smallest absolute Gasteiger partial charge is 0.353 e. The highest BCUT2D eigenvalue weighted by molar-refractivity contribution is 6.02. The first-order valence-corrected chi connectivity index (χ1v) is 11.8. The number of hydrogen-bond acceptors (Lipinski definition) is 4. The fourth-order valence-corrected chi connectivity index (χ4v) is 4.66. The van der Waals surface area contributed by atoms with Crippen LogP contribution in [0.3, 0.4) is 0 Å². The average Bonchev–Trinajstić information content (AvgIpc) is 3.32. The van der Waals surface area contributed by atoms with Gasteiger partial charge in [0.25, 0.3) is 5.91 Å². The Kier molecular flexibility index (Phi) is 7.50. The molecule has 1 aromatic heterocycles. The van der Waals surface area contributed by atoms with Gasteiger partial charge in [-0.15, -0.1) is 0 Å². The van der Waals surface area contributed by atoms with Crippen LogP contribution < -0.4 is 10.6 Å². The number of pyridine rings is 1. The molecule has 2 fully saturated rings. The summed E-state index contributed by atoms with van der Waals surface area (Å²) in [7, 11) is 0. The molecule has 1 aliphatic carbocycles. The number of nitrogens with one attached hydrogen (secondary N) is 2. The van der Waals surface area contributed by atoms with Crippen LogP contribution in [0.25, 0.3) is 0 Å². The van der Waals surface area contributed by atoms with E-state index in [2.05, 4.69) is 20.5 Å². The number of amides is 2. The second-order valence-corrected chi connectivity index (χ2v) is 9.10. The van der Waals surface area contributed by atoms with E-state index in [4.69, 9.17) is 0 Å². The van der Waals surface area contributed by atoms with Crippen molar-refractivity contribution >= 4 is 17.5 Å². The second-order valence-electron chi connectivity index (χ2n) is 9.10.